The molecule has 1 fully saturated rings. The molecular formula is C18H29N. The maximum Gasteiger partial charge on any atom is 0.0136 e. The van der Waals surface area contributed by atoms with Gasteiger partial charge in [0.1, 0.15) is 0 Å². The molecule has 0 spiro atoms. The van der Waals surface area contributed by atoms with Gasteiger partial charge < -0.3 is 5.32 Å². The molecule has 2 rings (SSSR count). The maximum atomic E-state index is 3.77. The van der Waals surface area contributed by atoms with Crippen LogP contribution < -0.4 is 5.32 Å². The fraction of sp³-hybridized carbons (Fsp3) is 0.667. The van der Waals surface area contributed by atoms with Gasteiger partial charge in [-0.1, -0.05) is 32.0 Å². The fourth-order valence-corrected chi connectivity index (χ4v) is 2.91. The number of hydrogen-bond donors (Lipinski definition) is 1. The Hall–Kier alpha value is -0.820. The quantitative estimate of drug-likeness (QED) is 0.771. The molecule has 0 bridgehead atoms. The van der Waals surface area contributed by atoms with Crippen LogP contribution in [0.5, 0.6) is 0 Å². The van der Waals surface area contributed by atoms with Crippen LogP contribution >= 0.6 is 0 Å². The van der Waals surface area contributed by atoms with Gasteiger partial charge in [-0.15, -0.1) is 0 Å². The Morgan fingerprint density at radius 2 is 1.95 bits per heavy atom. The van der Waals surface area contributed by atoms with Gasteiger partial charge in [0, 0.05) is 6.04 Å². The Bertz CT molecular complexity index is 406. The van der Waals surface area contributed by atoms with Gasteiger partial charge in [-0.3, -0.25) is 0 Å². The minimum absolute atomic E-state index is 0.648. The van der Waals surface area contributed by atoms with Gasteiger partial charge in [0.2, 0.25) is 0 Å². The number of aryl methyl sites for hydroxylation is 2. The van der Waals surface area contributed by atoms with E-state index in [1.165, 1.54) is 42.4 Å². The van der Waals surface area contributed by atoms with E-state index < -0.39 is 0 Å². The second kappa shape index (κ2) is 6.56. The van der Waals surface area contributed by atoms with Crippen molar-refractivity contribution in [1.29, 1.82) is 0 Å². The van der Waals surface area contributed by atoms with E-state index in [-0.39, 0.29) is 0 Å². The van der Waals surface area contributed by atoms with Crippen molar-refractivity contribution in [1.82, 2.24) is 5.32 Å². The van der Waals surface area contributed by atoms with Crippen LogP contribution in [0.25, 0.3) is 0 Å². The monoisotopic (exact) mass is 259 g/mol. The highest BCUT2D eigenvalue weighted by Crippen LogP contribution is 2.38. The normalized spacial score (nSPS) is 18.3. The minimum atomic E-state index is 0.648. The summed E-state index contributed by atoms with van der Waals surface area (Å²) in [6, 6.07) is 7.59. The van der Waals surface area contributed by atoms with Gasteiger partial charge in [-0.2, -0.15) is 0 Å². The molecule has 19 heavy (non-hydrogen) atoms. The number of rotatable bonds is 7. The van der Waals surface area contributed by atoms with Gasteiger partial charge in [0.05, 0.1) is 0 Å². The Morgan fingerprint density at radius 3 is 2.53 bits per heavy atom. The average molecular weight is 259 g/mol. The summed E-state index contributed by atoms with van der Waals surface area (Å²) in [6.45, 7) is 10.2. The number of nitrogens with one attached hydrogen (secondary N) is 1. The summed E-state index contributed by atoms with van der Waals surface area (Å²) >= 11 is 0. The summed E-state index contributed by atoms with van der Waals surface area (Å²) in [5.74, 6) is 1.79. The molecule has 0 heterocycles. The molecule has 0 amide bonds. The lowest BCUT2D eigenvalue weighted by atomic mass is 9.90. The van der Waals surface area contributed by atoms with Gasteiger partial charge >= 0.3 is 0 Å². The van der Waals surface area contributed by atoms with Crippen LogP contribution in [-0.4, -0.2) is 12.6 Å². The SMILES string of the molecule is CCCNC(Cc1ccc(C)c(C)c1)C(C)C1CC1. The van der Waals surface area contributed by atoms with Gasteiger partial charge in [0.15, 0.2) is 0 Å². The van der Waals surface area contributed by atoms with Crippen molar-refractivity contribution in [2.75, 3.05) is 6.54 Å². The average Bonchev–Trinajstić information content (AvgIpc) is 3.22. The summed E-state index contributed by atoms with van der Waals surface area (Å²) < 4.78 is 0. The van der Waals surface area contributed by atoms with E-state index in [0.717, 1.165) is 18.4 Å². The lowest BCUT2D eigenvalue weighted by molar-refractivity contribution is 0.339. The Morgan fingerprint density at radius 1 is 1.21 bits per heavy atom. The molecule has 2 unspecified atom stereocenters. The molecule has 0 saturated heterocycles. The molecule has 1 aromatic rings. The predicted octanol–water partition coefficient (Wildman–Crippen LogP) is 4.26. The van der Waals surface area contributed by atoms with E-state index in [4.69, 9.17) is 0 Å². The molecule has 1 aliphatic carbocycles. The van der Waals surface area contributed by atoms with Crippen LogP contribution in [0.4, 0.5) is 0 Å². The van der Waals surface area contributed by atoms with Crippen LogP contribution in [0.3, 0.4) is 0 Å². The minimum Gasteiger partial charge on any atom is -0.313 e. The van der Waals surface area contributed by atoms with Gasteiger partial charge in [-0.05, 0) is 74.6 Å². The first-order chi connectivity index (χ1) is 9.11. The summed E-state index contributed by atoms with van der Waals surface area (Å²) in [5, 5.41) is 3.77. The van der Waals surface area contributed by atoms with Crippen molar-refractivity contribution >= 4 is 0 Å². The van der Waals surface area contributed by atoms with Gasteiger partial charge in [0.25, 0.3) is 0 Å². The van der Waals surface area contributed by atoms with Crippen LogP contribution in [0.1, 0.15) is 49.8 Å². The molecule has 0 radical (unpaired) electrons. The van der Waals surface area contributed by atoms with Crippen LogP contribution in [0, 0.1) is 25.7 Å². The molecule has 1 N–H and O–H groups in total. The third kappa shape index (κ3) is 4.07. The van der Waals surface area contributed by atoms with E-state index in [0.29, 0.717) is 6.04 Å². The van der Waals surface area contributed by atoms with E-state index >= 15 is 0 Å². The number of benzene rings is 1. The highest BCUT2D eigenvalue weighted by Gasteiger charge is 2.32. The summed E-state index contributed by atoms with van der Waals surface area (Å²) in [7, 11) is 0. The van der Waals surface area contributed by atoms with E-state index in [9.17, 15) is 0 Å². The first kappa shape index (κ1) is 14.6. The molecule has 1 heteroatoms. The molecule has 1 aromatic carbocycles. The van der Waals surface area contributed by atoms with E-state index in [1.54, 1.807) is 0 Å². The zero-order valence-corrected chi connectivity index (χ0v) is 13.0. The first-order valence-corrected chi connectivity index (χ1v) is 7.91. The maximum absolute atomic E-state index is 3.77. The van der Waals surface area contributed by atoms with Crippen LogP contribution in [0.15, 0.2) is 18.2 Å². The molecular weight excluding hydrogens is 230 g/mol. The third-order valence-corrected chi connectivity index (χ3v) is 4.68. The Labute approximate surface area is 118 Å². The topological polar surface area (TPSA) is 12.0 Å². The largest absolute Gasteiger partial charge is 0.313 e. The number of hydrogen-bond acceptors (Lipinski definition) is 1. The highest BCUT2D eigenvalue weighted by molar-refractivity contribution is 5.30. The summed E-state index contributed by atoms with van der Waals surface area (Å²) in [4.78, 5) is 0. The van der Waals surface area contributed by atoms with Crippen molar-refractivity contribution in [3.8, 4) is 0 Å². The highest BCUT2D eigenvalue weighted by atomic mass is 14.9. The second-order valence-corrected chi connectivity index (χ2v) is 6.38. The third-order valence-electron chi connectivity index (χ3n) is 4.68. The zero-order chi connectivity index (χ0) is 13.8. The first-order valence-electron chi connectivity index (χ1n) is 7.91. The van der Waals surface area contributed by atoms with Crippen molar-refractivity contribution in [3.05, 3.63) is 34.9 Å². The van der Waals surface area contributed by atoms with E-state index in [2.05, 4.69) is 51.2 Å². The smallest absolute Gasteiger partial charge is 0.0136 e. The van der Waals surface area contributed by atoms with Crippen molar-refractivity contribution in [2.24, 2.45) is 11.8 Å². The molecule has 1 nitrogen and oxygen atoms in total. The van der Waals surface area contributed by atoms with Gasteiger partial charge in [-0.25, -0.2) is 0 Å². The second-order valence-electron chi connectivity index (χ2n) is 6.38. The van der Waals surface area contributed by atoms with E-state index in [1.807, 2.05) is 0 Å². The molecule has 0 aliphatic heterocycles. The van der Waals surface area contributed by atoms with Crippen molar-refractivity contribution < 1.29 is 0 Å². The summed E-state index contributed by atoms with van der Waals surface area (Å²) in [6.07, 6.45) is 5.29. The summed E-state index contributed by atoms with van der Waals surface area (Å²) in [5.41, 5.74) is 4.31. The zero-order valence-electron chi connectivity index (χ0n) is 13.0. The predicted molar refractivity (Wildman–Crippen MR) is 83.6 cm³/mol. The Kier molecular flexibility index (Phi) is 5.04. The van der Waals surface area contributed by atoms with Crippen molar-refractivity contribution in [2.45, 2.75) is 59.4 Å². The molecule has 0 aromatic heterocycles. The molecule has 1 aliphatic rings. The standard InChI is InChI=1S/C18H29N/c1-5-10-19-18(15(4)17-8-9-17)12-16-7-6-13(2)14(3)11-16/h6-7,11,15,17-19H,5,8-10,12H2,1-4H3. The fourth-order valence-electron chi connectivity index (χ4n) is 2.91. The van der Waals surface area contributed by atoms with Crippen LogP contribution in [-0.2, 0) is 6.42 Å². The molecule has 106 valence electrons. The lowest BCUT2D eigenvalue weighted by Gasteiger charge is -2.25. The molecule has 1 saturated carbocycles. The van der Waals surface area contributed by atoms with Crippen LogP contribution in [0.2, 0.25) is 0 Å². The molecule has 2 atom stereocenters. The Balaban J connectivity index is 2.02. The van der Waals surface area contributed by atoms with Crippen molar-refractivity contribution in [3.63, 3.8) is 0 Å². The lowest BCUT2D eigenvalue weighted by Crippen LogP contribution is -2.38.